The summed E-state index contributed by atoms with van der Waals surface area (Å²) in [6.07, 6.45) is 5.84. The Morgan fingerprint density at radius 1 is 1.00 bits per heavy atom. The van der Waals surface area contributed by atoms with E-state index in [0.29, 0.717) is 16.4 Å². The predicted octanol–water partition coefficient (Wildman–Crippen LogP) is 4.82. The van der Waals surface area contributed by atoms with Crippen LogP contribution >= 0.6 is 11.3 Å². The van der Waals surface area contributed by atoms with E-state index in [0.717, 1.165) is 41.8 Å². The van der Waals surface area contributed by atoms with E-state index in [9.17, 15) is 9.59 Å². The summed E-state index contributed by atoms with van der Waals surface area (Å²) >= 11 is 1.31. The normalized spacial score (nSPS) is 14.6. The molecule has 0 unspecified atom stereocenters. The number of carbonyl (C=O) groups excluding carboxylic acids is 1. The second-order valence-electron chi connectivity index (χ2n) is 7.69. The van der Waals surface area contributed by atoms with Gasteiger partial charge in [0.1, 0.15) is 11.4 Å². The van der Waals surface area contributed by atoms with Gasteiger partial charge >= 0.3 is 5.97 Å². The van der Waals surface area contributed by atoms with Gasteiger partial charge in [0.05, 0.1) is 0 Å². The summed E-state index contributed by atoms with van der Waals surface area (Å²) in [6.45, 7) is 1.51. The Hall–Kier alpha value is -3.13. The molecule has 2 aromatic carbocycles. The van der Waals surface area contributed by atoms with Crippen LogP contribution in [-0.4, -0.2) is 41.6 Å². The molecule has 0 radical (unpaired) electrons. The largest absolute Gasteiger partial charge is 0.480 e. The predicted molar refractivity (Wildman–Crippen MR) is 125 cm³/mol. The first-order valence-electron chi connectivity index (χ1n) is 10.6. The van der Waals surface area contributed by atoms with Gasteiger partial charge in [-0.2, -0.15) is 0 Å². The molecule has 3 aromatic rings. The Balaban J connectivity index is 1.58. The number of nitrogens with one attached hydrogen (secondary N) is 2. The molecule has 2 heterocycles. The maximum Gasteiger partial charge on any atom is 0.322 e. The zero-order valence-electron chi connectivity index (χ0n) is 17.3. The van der Waals surface area contributed by atoms with Crippen molar-refractivity contribution in [2.45, 2.75) is 32.1 Å². The van der Waals surface area contributed by atoms with Gasteiger partial charge < -0.3 is 20.6 Å². The molecular weight excluding hydrogens is 412 g/mol. The quantitative estimate of drug-likeness (QED) is 0.511. The van der Waals surface area contributed by atoms with E-state index < -0.39 is 5.97 Å². The topological polar surface area (TPSA) is 94.6 Å². The maximum absolute atomic E-state index is 13.1. The lowest BCUT2D eigenvalue weighted by Gasteiger charge is -2.23. The van der Waals surface area contributed by atoms with Crippen LogP contribution in [0, 0.1) is 0 Å². The fourth-order valence-corrected chi connectivity index (χ4v) is 4.76. The molecule has 1 fully saturated rings. The first-order chi connectivity index (χ1) is 15.1. The van der Waals surface area contributed by atoms with E-state index >= 15 is 0 Å². The molecule has 31 heavy (non-hydrogen) atoms. The standard InChI is InChI=1S/C23H26N4O3S/c28-19(29)15-24-21-20(31-23(26-21)27-12-6-2-1-3-7-13-27)22(30)25-18-11-10-16-8-4-5-9-17(16)14-18/h4-5,8-11,14,24H,1-3,6-7,12-13,15H2,(H,25,30)(H,28,29). The van der Waals surface area contributed by atoms with Crippen LogP contribution in [0.25, 0.3) is 10.8 Å². The Labute approximate surface area is 185 Å². The summed E-state index contributed by atoms with van der Waals surface area (Å²) < 4.78 is 0. The molecular formula is C23H26N4O3S. The monoisotopic (exact) mass is 438 g/mol. The van der Waals surface area contributed by atoms with E-state index in [2.05, 4.69) is 20.5 Å². The Morgan fingerprint density at radius 2 is 1.71 bits per heavy atom. The summed E-state index contributed by atoms with van der Waals surface area (Å²) in [5, 5.41) is 17.7. The number of carbonyl (C=O) groups is 2. The number of hydrogen-bond donors (Lipinski definition) is 3. The number of nitrogens with zero attached hydrogens (tertiary/aromatic N) is 2. The minimum absolute atomic E-state index is 0.292. The van der Waals surface area contributed by atoms with Gasteiger partial charge in [-0.15, -0.1) is 0 Å². The summed E-state index contributed by atoms with van der Waals surface area (Å²) in [4.78, 5) is 31.4. The lowest BCUT2D eigenvalue weighted by atomic mass is 10.1. The van der Waals surface area contributed by atoms with Crippen molar-refractivity contribution >= 4 is 50.6 Å². The van der Waals surface area contributed by atoms with Gasteiger partial charge in [-0.3, -0.25) is 9.59 Å². The lowest BCUT2D eigenvalue weighted by Crippen LogP contribution is -2.26. The number of aromatic nitrogens is 1. The molecule has 0 aliphatic carbocycles. The van der Waals surface area contributed by atoms with Crippen LogP contribution in [-0.2, 0) is 4.79 Å². The smallest absolute Gasteiger partial charge is 0.322 e. The summed E-state index contributed by atoms with van der Waals surface area (Å²) in [6, 6.07) is 13.7. The molecule has 0 saturated carbocycles. The van der Waals surface area contributed by atoms with Gasteiger partial charge in [-0.25, -0.2) is 4.98 Å². The highest BCUT2D eigenvalue weighted by Crippen LogP contribution is 2.32. The summed E-state index contributed by atoms with van der Waals surface area (Å²) in [5.41, 5.74) is 0.689. The second kappa shape index (κ2) is 9.78. The number of anilines is 3. The Bertz CT molecular complexity index is 1070. The van der Waals surface area contributed by atoms with Gasteiger partial charge in [0.15, 0.2) is 10.9 Å². The third kappa shape index (κ3) is 5.32. The van der Waals surface area contributed by atoms with E-state index in [1.165, 1.54) is 30.6 Å². The van der Waals surface area contributed by atoms with Crippen molar-refractivity contribution in [3.8, 4) is 0 Å². The highest BCUT2D eigenvalue weighted by molar-refractivity contribution is 7.18. The molecule has 1 saturated heterocycles. The summed E-state index contributed by atoms with van der Waals surface area (Å²) in [5.74, 6) is -0.969. The van der Waals surface area contributed by atoms with Gasteiger partial charge in [-0.05, 0) is 35.7 Å². The Morgan fingerprint density at radius 3 is 2.45 bits per heavy atom. The van der Waals surface area contributed by atoms with Crippen LogP contribution < -0.4 is 15.5 Å². The van der Waals surface area contributed by atoms with Crippen molar-refractivity contribution in [2.24, 2.45) is 0 Å². The second-order valence-corrected chi connectivity index (χ2v) is 8.67. The highest BCUT2D eigenvalue weighted by atomic mass is 32.1. The molecule has 4 rings (SSSR count). The number of fused-ring (bicyclic) bond motifs is 1. The first-order valence-corrected chi connectivity index (χ1v) is 11.4. The van der Waals surface area contributed by atoms with E-state index in [-0.39, 0.29) is 12.5 Å². The molecule has 1 aliphatic rings. The fourth-order valence-electron chi connectivity index (χ4n) is 3.77. The average Bonchev–Trinajstić information content (AvgIpc) is 3.16. The van der Waals surface area contributed by atoms with Crippen LogP contribution in [0.5, 0.6) is 0 Å². The van der Waals surface area contributed by atoms with Gasteiger partial charge in [0.2, 0.25) is 0 Å². The molecule has 0 bridgehead atoms. The fraction of sp³-hybridized carbons (Fsp3) is 0.348. The van der Waals surface area contributed by atoms with Crippen LogP contribution in [0.4, 0.5) is 16.6 Å². The lowest BCUT2D eigenvalue weighted by molar-refractivity contribution is -0.134. The number of aliphatic carboxylic acids is 1. The van der Waals surface area contributed by atoms with Gasteiger partial charge in [-0.1, -0.05) is 60.9 Å². The zero-order valence-corrected chi connectivity index (χ0v) is 18.1. The maximum atomic E-state index is 13.1. The third-order valence-corrected chi connectivity index (χ3v) is 6.48. The summed E-state index contributed by atoms with van der Waals surface area (Å²) in [7, 11) is 0. The molecule has 1 aliphatic heterocycles. The average molecular weight is 439 g/mol. The third-order valence-electron chi connectivity index (χ3n) is 5.36. The van der Waals surface area contributed by atoms with E-state index in [4.69, 9.17) is 5.11 Å². The van der Waals surface area contributed by atoms with Crippen LogP contribution in [0.15, 0.2) is 42.5 Å². The highest BCUT2D eigenvalue weighted by Gasteiger charge is 2.22. The molecule has 0 atom stereocenters. The number of thiazole rings is 1. The van der Waals surface area contributed by atoms with E-state index in [1.54, 1.807) is 0 Å². The van der Waals surface area contributed by atoms with Crippen LogP contribution in [0.3, 0.4) is 0 Å². The minimum atomic E-state index is -0.998. The molecule has 3 N–H and O–H groups in total. The molecule has 1 amide bonds. The molecule has 8 heteroatoms. The van der Waals surface area contributed by atoms with Crippen molar-refractivity contribution in [3.63, 3.8) is 0 Å². The van der Waals surface area contributed by atoms with Crippen LogP contribution in [0.1, 0.15) is 41.8 Å². The number of carboxylic acids is 1. The number of rotatable bonds is 6. The van der Waals surface area contributed by atoms with Crippen molar-refractivity contribution in [2.75, 3.05) is 35.2 Å². The SMILES string of the molecule is O=C(O)CNc1nc(N2CCCCCCC2)sc1C(=O)Nc1ccc2ccccc2c1. The van der Waals surface area contributed by atoms with Gasteiger partial charge in [0.25, 0.3) is 5.91 Å². The number of amides is 1. The molecule has 0 spiro atoms. The van der Waals surface area contributed by atoms with Crippen molar-refractivity contribution < 1.29 is 14.7 Å². The van der Waals surface area contributed by atoms with Crippen molar-refractivity contribution in [3.05, 3.63) is 47.3 Å². The molecule has 7 nitrogen and oxygen atoms in total. The van der Waals surface area contributed by atoms with Crippen molar-refractivity contribution in [1.82, 2.24) is 4.98 Å². The first kappa shape index (κ1) is 21.1. The number of hydrogen-bond acceptors (Lipinski definition) is 6. The van der Waals surface area contributed by atoms with Crippen LogP contribution in [0.2, 0.25) is 0 Å². The minimum Gasteiger partial charge on any atom is -0.480 e. The number of carboxylic acid groups (broad SMARTS) is 1. The molecule has 162 valence electrons. The Kier molecular flexibility index (Phi) is 6.66. The number of benzene rings is 2. The molecule has 1 aromatic heterocycles. The van der Waals surface area contributed by atoms with E-state index in [1.807, 2.05) is 42.5 Å². The van der Waals surface area contributed by atoms with Gasteiger partial charge in [0, 0.05) is 18.8 Å². The van der Waals surface area contributed by atoms with Crippen molar-refractivity contribution in [1.29, 1.82) is 0 Å². The zero-order chi connectivity index (χ0) is 21.6.